The number of carboxylic acid groups (broad SMARTS) is 1. The number of aliphatic carboxylic acids is 1. The van der Waals surface area contributed by atoms with E-state index in [9.17, 15) is 9.59 Å². The maximum atomic E-state index is 11.0. The fraction of sp³-hybridized carbons (Fsp3) is 0.625. The SMILES string of the molecule is N#CCCN(C(=O)C(=O)O)C1CC1. The van der Waals surface area contributed by atoms with Crippen molar-refractivity contribution in [2.75, 3.05) is 6.54 Å². The molecule has 1 rings (SSSR count). The van der Waals surface area contributed by atoms with E-state index in [1.165, 1.54) is 4.90 Å². The number of carbonyl (C=O) groups excluding carboxylic acids is 1. The smallest absolute Gasteiger partial charge is 0.394 e. The van der Waals surface area contributed by atoms with Gasteiger partial charge in [0.1, 0.15) is 0 Å². The summed E-state index contributed by atoms with van der Waals surface area (Å²) in [6.07, 6.45) is 1.89. The van der Waals surface area contributed by atoms with Crippen molar-refractivity contribution in [3.8, 4) is 6.07 Å². The Morgan fingerprint density at radius 1 is 1.54 bits per heavy atom. The lowest BCUT2D eigenvalue weighted by atomic mass is 10.3. The number of carbonyl (C=O) groups is 2. The van der Waals surface area contributed by atoms with Crippen LogP contribution in [0.25, 0.3) is 0 Å². The third-order valence-corrected chi connectivity index (χ3v) is 1.90. The third-order valence-electron chi connectivity index (χ3n) is 1.90. The molecule has 1 saturated carbocycles. The molecule has 5 nitrogen and oxygen atoms in total. The van der Waals surface area contributed by atoms with E-state index < -0.39 is 11.9 Å². The number of nitrogens with zero attached hydrogens (tertiary/aromatic N) is 2. The highest BCUT2D eigenvalue weighted by atomic mass is 16.4. The molecule has 0 unspecified atom stereocenters. The molecule has 1 aliphatic rings. The quantitative estimate of drug-likeness (QED) is 0.621. The summed E-state index contributed by atoms with van der Waals surface area (Å²) in [5.41, 5.74) is 0. The molecule has 1 amide bonds. The zero-order valence-electron chi connectivity index (χ0n) is 7.06. The summed E-state index contributed by atoms with van der Waals surface area (Å²) in [5, 5.41) is 16.8. The largest absolute Gasteiger partial charge is 0.474 e. The second-order valence-corrected chi connectivity index (χ2v) is 2.94. The molecule has 0 atom stereocenters. The van der Waals surface area contributed by atoms with Crippen LogP contribution in [-0.4, -0.2) is 34.5 Å². The summed E-state index contributed by atoms with van der Waals surface area (Å²) in [7, 11) is 0. The van der Waals surface area contributed by atoms with Gasteiger partial charge in [-0.2, -0.15) is 5.26 Å². The van der Waals surface area contributed by atoms with E-state index in [0.29, 0.717) is 0 Å². The number of nitriles is 1. The Labute approximate surface area is 75.6 Å². The second kappa shape index (κ2) is 3.90. The summed E-state index contributed by atoms with van der Waals surface area (Å²) in [4.78, 5) is 22.7. The molecule has 0 aromatic rings. The van der Waals surface area contributed by atoms with Crippen LogP contribution in [0.1, 0.15) is 19.3 Å². The Balaban J connectivity index is 2.52. The fourth-order valence-electron chi connectivity index (χ4n) is 1.13. The summed E-state index contributed by atoms with van der Waals surface area (Å²) in [5.74, 6) is -2.33. The highest BCUT2D eigenvalue weighted by Crippen LogP contribution is 2.26. The van der Waals surface area contributed by atoms with Gasteiger partial charge in [-0.05, 0) is 12.8 Å². The minimum atomic E-state index is -1.44. The maximum absolute atomic E-state index is 11.0. The average molecular weight is 182 g/mol. The first-order valence-corrected chi connectivity index (χ1v) is 4.07. The molecule has 5 heteroatoms. The first-order chi connectivity index (χ1) is 6.16. The van der Waals surface area contributed by atoms with Gasteiger partial charge in [-0.3, -0.25) is 4.79 Å². The van der Waals surface area contributed by atoms with Crippen molar-refractivity contribution < 1.29 is 14.7 Å². The van der Waals surface area contributed by atoms with Gasteiger partial charge in [0, 0.05) is 12.6 Å². The molecule has 1 fully saturated rings. The van der Waals surface area contributed by atoms with Crippen LogP contribution in [0, 0.1) is 11.3 Å². The van der Waals surface area contributed by atoms with Crippen molar-refractivity contribution >= 4 is 11.9 Å². The summed E-state index contributed by atoms with van der Waals surface area (Å²) < 4.78 is 0. The van der Waals surface area contributed by atoms with Crippen molar-refractivity contribution in [3.63, 3.8) is 0 Å². The Kier molecular flexibility index (Phi) is 2.85. The van der Waals surface area contributed by atoms with Crippen LogP contribution in [0.2, 0.25) is 0 Å². The Hall–Kier alpha value is -1.57. The van der Waals surface area contributed by atoms with E-state index >= 15 is 0 Å². The van der Waals surface area contributed by atoms with Crippen molar-refractivity contribution in [2.45, 2.75) is 25.3 Å². The van der Waals surface area contributed by atoms with E-state index in [2.05, 4.69) is 0 Å². The van der Waals surface area contributed by atoms with E-state index in [4.69, 9.17) is 10.4 Å². The molecule has 13 heavy (non-hydrogen) atoms. The lowest BCUT2D eigenvalue weighted by molar-refractivity contribution is -0.156. The van der Waals surface area contributed by atoms with E-state index in [-0.39, 0.29) is 19.0 Å². The molecule has 0 radical (unpaired) electrons. The van der Waals surface area contributed by atoms with Gasteiger partial charge in [-0.25, -0.2) is 4.79 Å². The maximum Gasteiger partial charge on any atom is 0.394 e. The van der Waals surface area contributed by atoms with Gasteiger partial charge in [0.15, 0.2) is 0 Å². The summed E-state index contributed by atoms with van der Waals surface area (Å²) in [6.45, 7) is 0.228. The molecule has 0 saturated heterocycles. The van der Waals surface area contributed by atoms with E-state index in [1.54, 1.807) is 0 Å². The average Bonchev–Trinajstić information content (AvgIpc) is 2.88. The van der Waals surface area contributed by atoms with Crippen LogP contribution in [0.4, 0.5) is 0 Å². The zero-order chi connectivity index (χ0) is 9.84. The van der Waals surface area contributed by atoms with Crippen LogP contribution in [-0.2, 0) is 9.59 Å². The van der Waals surface area contributed by atoms with Gasteiger partial charge in [0.05, 0.1) is 12.5 Å². The number of carboxylic acids is 1. The summed E-state index contributed by atoms with van der Waals surface area (Å²) in [6, 6.07) is 1.94. The normalized spacial score (nSPS) is 14.7. The van der Waals surface area contributed by atoms with Crippen LogP contribution >= 0.6 is 0 Å². The lowest BCUT2D eigenvalue weighted by Gasteiger charge is -2.17. The molecular formula is C8H10N2O3. The Morgan fingerprint density at radius 3 is 2.54 bits per heavy atom. The van der Waals surface area contributed by atoms with Gasteiger partial charge in [-0.15, -0.1) is 0 Å². The molecule has 1 aliphatic carbocycles. The highest BCUT2D eigenvalue weighted by molar-refractivity contribution is 6.31. The van der Waals surface area contributed by atoms with Crippen LogP contribution < -0.4 is 0 Å². The standard InChI is InChI=1S/C8H10N2O3/c9-4-1-5-10(6-2-3-6)7(11)8(12)13/h6H,1-3,5H2,(H,12,13). The molecule has 0 bridgehead atoms. The fourth-order valence-corrected chi connectivity index (χ4v) is 1.13. The third kappa shape index (κ3) is 2.44. The minimum absolute atomic E-state index is 0.0527. The zero-order valence-corrected chi connectivity index (χ0v) is 7.06. The molecule has 1 N–H and O–H groups in total. The van der Waals surface area contributed by atoms with Crippen molar-refractivity contribution in [1.82, 2.24) is 4.90 Å². The molecule has 0 heterocycles. The topological polar surface area (TPSA) is 81.4 Å². The van der Waals surface area contributed by atoms with Crippen LogP contribution in [0.3, 0.4) is 0 Å². The molecular weight excluding hydrogens is 172 g/mol. The molecule has 0 aromatic carbocycles. The van der Waals surface area contributed by atoms with E-state index in [0.717, 1.165) is 12.8 Å². The number of amides is 1. The molecule has 0 aliphatic heterocycles. The van der Waals surface area contributed by atoms with Crippen LogP contribution in [0.15, 0.2) is 0 Å². The van der Waals surface area contributed by atoms with Crippen molar-refractivity contribution in [1.29, 1.82) is 5.26 Å². The summed E-state index contributed by atoms with van der Waals surface area (Å²) >= 11 is 0. The van der Waals surface area contributed by atoms with Gasteiger partial charge < -0.3 is 10.0 Å². The Bertz CT molecular complexity index is 265. The monoisotopic (exact) mass is 182 g/mol. The van der Waals surface area contributed by atoms with Gasteiger partial charge in [-0.1, -0.05) is 0 Å². The first kappa shape index (κ1) is 9.52. The predicted octanol–water partition coefficient (Wildman–Crippen LogP) is -0.0243. The highest BCUT2D eigenvalue weighted by Gasteiger charge is 2.34. The molecule has 0 spiro atoms. The predicted molar refractivity (Wildman–Crippen MR) is 42.6 cm³/mol. The number of rotatable bonds is 3. The number of hydrogen-bond acceptors (Lipinski definition) is 3. The van der Waals surface area contributed by atoms with Gasteiger partial charge in [0.25, 0.3) is 0 Å². The molecule has 70 valence electrons. The van der Waals surface area contributed by atoms with Crippen molar-refractivity contribution in [3.05, 3.63) is 0 Å². The van der Waals surface area contributed by atoms with Gasteiger partial charge >= 0.3 is 11.9 Å². The first-order valence-electron chi connectivity index (χ1n) is 4.07. The Morgan fingerprint density at radius 2 is 2.15 bits per heavy atom. The lowest BCUT2D eigenvalue weighted by Crippen LogP contribution is -2.38. The van der Waals surface area contributed by atoms with Crippen LogP contribution in [0.5, 0.6) is 0 Å². The minimum Gasteiger partial charge on any atom is -0.474 e. The molecule has 0 aromatic heterocycles. The second-order valence-electron chi connectivity index (χ2n) is 2.94. The number of hydrogen-bond donors (Lipinski definition) is 1. The van der Waals surface area contributed by atoms with Gasteiger partial charge in [0.2, 0.25) is 0 Å². The van der Waals surface area contributed by atoms with Crippen molar-refractivity contribution in [2.24, 2.45) is 0 Å². The van der Waals surface area contributed by atoms with E-state index in [1.807, 2.05) is 6.07 Å².